The van der Waals surface area contributed by atoms with Crippen molar-refractivity contribution in [1.29, 1.82) is 0 Å². The predicted octanol–water partition coefficient (Wildman–Crippen LogP) is -0.0609. The Morgan fingerprint density at radius 2 is 2.06 bits per heavy atom. The van der Waals surface area contributed by atoms with Crippen LogP contribution in [0.4, 0.5) is 5.82 Å². The van der Waals surface area contributed by atoms with Crippen LogP contribution in [0.5, 0.6) is 0 Å². The number of hydrogen-bond acceptors (Lipinski definition) is 4. The second-order valence-electron chi connectivity index (χ2n) is 4.47. The number of carbonyl (C=O) groups is 2. The number of nitrogen functional groups attached to an aromatic ring is 1. The van der Waals surface area contributed by atoms with Crippen molar-refractivity contribution < 1.29 is 14.7 Å². The van der Waals surface area contributed by atoms with E-state index < -0.39 is 5.97 Å². The van der Waals surface area contributed by atoms with Gasteiger partial charge in [-0.05, 0) is 12.8 Å². The number of anilines is 1. The first-order valence-corrected chi connectivity index (χ1v) is 5.80. The van der Waals surface area contributed by atoms with Gasteiger partial charge in [-0.25, -0.2) is 0 Å². The summed E-state index contributed by atoms with van der Waals surface area (Å²) in [5.74, 6) is -0.979. The fraction of sp³-hybridized carbons (Fsp3) is 0.545. The number of aromatic nitrogens is 2. The van der Waals surface area contributed by atoms with Crippen LogP contribution in [0.3, 0.4) is 0 Å². The van der Waals surface area contributed by atoms with Crippen molar-refractivity contribution in [3.05, 3.63) is 11.8 Å². The Morgan fingerprint density at radius 1 is 1.44 bits per heavy atom. The lowest BCUT2D eigenvalue weighted by Gasteiger charge is -2.29. The lowest BCUT2D eigenvalue weighted by atomic mass is 9.97. The van der Waals surface area contributed by atoms with Gasteiger partial charge in [-0.15, -0.1) is 0 Å². The SMILES string of the molecule is Cn1ncc(C(=O)N2CCC(C(=O)O)CC2)c1N. The van der Waals surface area contributed by atoms with E-state index in [1.165, 1.54) is 10.9 Å². The molecule has 7 nitrogen and oxygen atoms in total. The molecule has 2 heterocycles. The van der Waals surface area contributed by atoms with Crippen LogP contribution in [0.2, 0.25) is 0 Å². The molecule has 1 aromatic rings. The largest absolute Gasteiger partial charge is 0.481 e. The van der Waals surface area contributed by atoms with Gasteiger partial charge >= 0.3 is 5.97 Å². The average molecular weight is 252 g/mol. The fourth-order valence-corrected chi connectivity index (χ4v) is 2.11. The van der Waals surface area contributed by atoms with Gasteiger partial charge in [0.25, 0.3) is 5.91 Å². The van der Waals surface area contributed by atoms with Crippen LogP contribution < -0.4 is 5.73 Å². The Morgan fingerprint density at radius 3 is 2.50 bits per heavy atom. The summed E-state index contributed by atoms with van der Waals surface area (Å²) in [6.45, 7) is 0.897. The number of hydrogen-bond donors (Lipinski definition) is 2. The Kier molecular flexibility index (Phi) is 3.22. The van der Waals surface area contributed by atoms with E-state index in [2.05, 4.69) is 5.10 Å². The molecule has 1 fully saturated rings. The van der Waals surface area contributed by atoms with E-state index in [0.29, 0.717) is 37.3 Å². The minimum atomic E-state index is -0.789. The van der Waals surface area contributed by atoms with Crippen LogP contribution in [-0.4, -0.2) is 44.8 Å². The number of nitrogens with two attached hydrogens (primary N) is 1. The zero-order valence-corrected chi connectivity index (χ0v) is 10.2. The van der Waals surface area contributed by atoms with Crippen molar-refractivity contribution >= 4 is 17.7 Å². The third-order valence-corrected chi connectivity index (χ3v) is 3.35. The number of rotatable bonds is 2. The number of aliphatic carboxylic acids is 1. The standard InChI is InChI=1S/C11H16N4O3/c1-14-9(12)8(6-13-14)10(16)15-4-2-7(3-5-15)11(17)18/h6-7H,2-5,12H2,1H3,(H,17,18). The first-order valence-electron chi connectivity index (χ1n) is 5.80. The molecule has 0 unspecified atom stereocenters. The van der Waals surface area contributed by atoms with Gasteiger partial charge < -0.3 is 15.7 Å². The molecule has 0 saturated carbocycles. The number of amides is 1. The quantitative estimate of drug-likeness (QED) is 0.767. The van der Waals surface area contributed by atoms with Crippen LogP contribution >= 0.6 is 0 Å². The van der Waals surface area contributed by atoms with E-state index in [1.807, 2.05) is 0 Å². The highest BCUT2D eigenvalue weighted by atomic mass is 16.4. The highest BCUT2D eigenvalue weighted by molar-refractivity contribution is 5.98. The highest BCUT2D eigenvalue weighted by Crippen LogP contribution is 2.20. The van der Waals surface area contributed by atoms with Gasteiger partial charge in [-0.1, -0.05) is 0 Å². The van der Waals surface area contributed by atoms with Crippen molar-refractivity contribution in [3.63, 3.8) is 0 Å². The first-order chi connectivity index (χ1) is 8.50. The van der Waals surface area contributed by atoms with Crippen molar-refractivity contribution in [1.82, 2.24) is 14.7 Å². The molecule has 0 aromatic carbocycles. The summed E-state index contributed by atoms with van der Waals surface area (Å²) < 4.78 is 1.44. The number of carbonyl (C=O) groups excluding carboxylic acids is 1. The third-order valence-electron chi connectivity index (χ3n) is 3.35. The maximum atomic E-state index is 12.2. The number of likely N-dealkylation sites (tertiary alicyclic amines) is 1. The molecule has 1 aliphatic rings. The maximum Gasteiger partial charge on any atom is 0.306 e. The minimum absolute atomic E-state index is 0.176. The molecule has 98 valence electrons. The number of carboxylic acid groups (broad SMARTS) is 1. The normalized spacial score (nSPS) is 16.8. The lowest BCUT2D eigenvalue weighted by Crippen LogP contribution is -2.40. The molecule has 1 saturated heterocycles. The summed E-state index contributed by atoms with van der Waals surface area (Å²) in [4.78, 5) is 24.6. The molecular formula is C11H16N4O3. The van der Waals surface area contributed by atoms with Crippen molar-refractivity contribution in [3.8, 4) is 0 Å². The summed E-state index contributed by atoms with van der Waals surface area (Å²) in [7, 11) is 1.67. The second kappa shape index (κ2) is 4.67. The highest BCUT2D eigenvalue weighted by Gasteiger charge is 2.28. The molecule has 1 aromatic heterocycles. The van der Waals surface area contributed by atoms with Gasteiger partial charge in [-0.2, -0.15) is 5.10 Å². The topological polar surface area (TPSA) is 101 Å². The molecule has 0 spiro atoms. The molecule has 0 aliphatic carbocycles. The molecule has 7 heteroatoms. The van der Waals surface area contributed by atoms with Crippen LogP contribution in [0.25, 0.3) is 0 Å². The van der Waals surface area contributed by atoms with E-state index in [1.54, 1.807) is 11.9 Å². The molecule has 3 N–H and O–H groups in total. The van der Waals surface area contributed by atoms with E-state index in [0.717, 1.165) is 0 Å². The number of piperidine rings is 1. The molecule has 0 bridgehead atoms. The van der Waals surface area contributed by atoms with E-state index >= 15 is 0 Å². The van der Waals surface area contributed by atoms with Crippen molar-refractivity contribution in [2.75, 3.05) is 18.8 Å². The van der Waals surface area contributed by atoms with Crippen LogP contribution in [0, 0.1) is 5.92 Å². The Bertz CT molecular complexity index is 475. The van der Waals surface area contributed by atoms with E-state index in [-0.39, 0.29) is 11.8 Å². The van der Waals surface area contributed by atoms with Crippen molar-refractivity contribution in [2.45, 2.75) is 12.8 Å². The summed E-state index contributed by atoms with van der Waals surface area (Å²) >= 11 is 0. The molecule has 2 rings (SSSR count). The van der Waals surface area contributed by atoms with Crippen LogP contribution in [0.15, 0.2) is 6.20 Å². The number of carboxylic acids is 1. The number of nitrogens with zero attached hydrogens (tertiary/aromatic N) is 3. The van der Waals surface area contributed by atoms with Crippen LogP contribution in [-0.2, 0) is 11.8 Å². The molecule has 18 heavy (non-hydrogen) atoms. The van der Waals surface area contributed by atoms with Gasteiger partial charge in [0.1, 0.15) is 11.4 Å². The van der Waals surface area contributed by atoms with Gasteiger partial charge in [0.05, 0.1) is 12.1 Å². The van der Waals surface area contributed by atoms with E-state index in [4.69, 9.17) is 10.8 Å². The molecule has 1 aliphatic heterocycles. The maximum absolute atomic E-state index is 12.2. The zero-order valence-electron chi connectivity index (χ0n) is 10.2. The Balaban J connectivity index is 2.04. The summed E-state index contributed by atoms with van der Waals surface area (Å²) in [5.41, 5.74) is 6.13. The smallest absolute Gasteiger partial charge is 0.306 e. The predicted molar refractivity (Wildman–Crippen MR) is 63.9 cm³/mol. The second-order valence-corrected chi connectivity index (χ2v) is 4.47. The molecule has 0 radical (unpaired) electrons. The summed E-state index contributed by atoms with van der Waals surface area (Å²) in [5, 5.41) is 12.8. The van der Waals surface area contributed by atoms with Crippen molar-refractivity contribution in [2.24, 2.45) is 13.0 Å². The monoisotopic (exact) mass is 252 g/mol. The van der Waals surface area contributed by atoms with Gasteiger partial charge in [0, 0.05) is 20.1 Å². The Hall–Kier alpha value is -2.05. The minimum Gasteiger partial charge on any atom is -0.481 e. The summed E-state index contributed by atoms with van der Waals surface area (Å²) in [6.07, 6.45) is 2.42. The van der Waals surface area contributed by atoms with Gasteiger partial charge in [0.2, 0.25) is 0 Å². The fourth-order valence-electron chi connectivity index (χ4n) is 2.11. The van der Waals surface area contributed by atoms with Crippen LogP contribution in [0.1, 0.15) is 23.2 Å². The molecular weight excluding hydrogens is 236 g/mol. The van der Waals surface area contributed by atoms with Gasteiger partial charge in [-0.3, -0.25) is 14.3 Å². The zero-order chi connectivity index (χ0) is 13.3. The average Bonchev–Trinajstić information content (AvgIpc) is 2.69. The first kappa shape index (κ1) is 12.4. The lowest BCUT2D eigenvalue weighted by molar-refractivity contribution is -0.143. The molecule has 0 atom stereocenters. The molecule has 1 amide bonds. The van der Waals surface area contributed by atoms with Gasteiger partial charge in [0.15, 0.2) is 0 Å². The van der Waals surface area contributed by atoms with E-state index in [9.17, 15) is 9.59 Å². The Labute approximate surface area is 104 Å². The summed E-state index contributed by atoms with van der Waals surface area (Å²) in [6, 6.07) is 0. The third kappa shape index (κ3) is 2.15. The number of aryl methyl sites for hydroxylation is 1.